The molecule has 0 amide bonds. The average Bonchev–Trinajstić information content (AvgIpc) is 3.53. The van der Waals surface area contributed by atoms with Gasteiger partial charge >= 0.3 is 5.69 Å². The van der Waals surface area contributed by atoms with Crippen LogP contribution < -0.4 is 5.69 Å². The number of imidazole rings is 1. The molecule has 5 aromatic rings. The lowest BCUT2D eigenvalue weighted by atomic mass is 9.98. The Morgan fingerprint density at radius 1 is 0.972 bits per heavy atom. The Bertz CT molecular complexity index is 1510. The van der Waals surface area contributed by atoms with E-state index in [0.29, 0.717) is 18.1 Å². The molecule has 182 valence electrons. The van der Waals surface area contributed by atoms with Gasteiger partial charge in [0, 0.05) is 17.5 Å². The van der Waals surface area contributed by atoms with E-state index in [9.17, 15) is 9.18 Å². The molecule has 3 aromatic carbocycles. The number of nitrogens with one attached hydrogen (secondary N) is 1. The maximum absolute atomic E-state index is 14.7. The van der Waals surface area contributed by atoms with E-state index < -0.39 is 5.82 Å². The lowest BCUT2D eigenvalue weighted by Crippen LogP contribution is -2.25. The molecular formula is C28H27FN6O. The Balaban J connectivity index is 1.49. The number of tetrazole rings is 1. The van der Waals surface area contributed by atoms with Crippen molar-refractivity contribution in [1.82, 2.24) is 29.8 Å². The number of hydrogen-bond donors (Lipinski definition) is 1. The molecule has 0 aliphatic carbocycles. The molecule has 0 fully saturated rings. The maximum atomic E-state index is 14.7. The zero-order chi connectivity index (χ0) is 25.1. The third kappa shape index (κ3) is 4.49. The standard InChI is InChI=1S/C28H27FN6O/c1-3-4-9-22-18-35(26-19(2)8-7-12-25(26)29)28(36)34(22)17-20-13-15-21(16-14-20)23-10-5-6-11-24(23)27-30-32-33-31-27/h5-8,10-16,18H,3-4,9,17H2,1-2H3,(H,30,31,32,33). The average molecular weight is 483 g/mol. The third-order valence-electron chi connectivity index (χ3n) is 6.40. The quantitative estimate of drug-likeness (QED) is 0.324. The summed E-state index contributed by atoms with van der Waals surface area (Å²) in [5, 5.41) is 14.4. The van der Waals surface area contributed by atoms with Crippen molar-refractivity contribution in [1.29, 1.82) is 0 Å². The summed E-state index contributed by atoms with van der Waals surface area (Å²) in [5.74, 6) is 0.132. The molecule has 5 rings (SSSR count). The van der Waals surface area contributed by atoms with Crippen LogP contribution in [0.4, 0.5) is 4.39 Å². The molecule has 0 radical (unpaired) electrons. The van der Waals surface area contributed by atoms with Crippen molar-refractivity contribution in [2.24, 2.45) is 0 Å². The highest BCUT2D eigenvalue weighted by atomic mass is 19.1. The summed E-state index contributed by atoms with van der Waals surface area (Å²) < 4.78 is 17.9. The van der Waals surface area contributed by atoms with Crippen LogP contribution in [-0.2, 0) is 13.0 Å². The van der Waals surface area contributed by atoms with Crippen molar-refractivity contribution in [3.05, 3.63) is 106 Å². The van der Waals surface area contributed by atoms with Crippen molar-refractivity contribution in [3.8, 4) is 28.2 Å². The number of unbranched alkanes of at least 4 members (excludes halogenated alkanes) is 1. The first kappa shape index (κ1) is 23.4. The van der Waals surface area contributed by atoms with E-state index in [1.54, 1.807) is 16.8 Å². The fourth-order valence-corrected chi connectivity index (χ4v) is 4.52. The molecule has 0 bridgehead atoms. The molecule has 0 unspecified atom stereocenters. The second-order valence-corrected chi connectivity index (χ2v) is 8.85. The van der Waals surface area contributed by atoms with E-state index in [-0.39, 0.29) is 5.69 Å². The van der Waals surface area contributed by atoms with Crippen LogP contribution in [0.25, 0.3) is 28.2 Å². The number of para-hydroxylation sites is 1. The predicted octanol–water partition coefficient (Wildman–Crippen LogP) is 5.32. The molecule has 0 saturated heterocycles. The predicted molar refractivity (Wildman–Crippen MR) is 137 cm³/mol. The summed E-state index contributed by atoms with van der Waals surface area (Å²) in [6, 6.07) is 20.9. The zero-order valence-corrected chi connectivity index (χ0v) is 20.3. The molecule has 7 nitrogen and oxygen atoms in total. The van der Waals surface area contributed by atoms with Crippen LogP contribution in [0.15, 0.2) is 77.7 Å². The van der Waals surface area contributed by atoms with Crippen LogP contribution in [-0.4, -0.2) is 29.8 Å². The Labute approximate surface area is 208 Å². The topological polar surface area (TPSA) is 81.4 Å². The Morgan fingerprint density at radius 2 is 1.75 bits per heavy atom. The van der Waals surface area contributed by atoms with Crippen molar-refractivity contribution >= 4 is 0 Å². The van der Waals surface area contributed by atoms with Crippen LogP contribution in [0.1, 0.15) is 36.6 Å². The van der Waals surface area contributed by atoms with Gasteiger partial charge in [-0.15, -0.1) is 10.2 Å². The third-order valence-corrected chi connectivity index (χ3v) is 6.40. The number of benzene rings is 3. The Hall–Kier alpha value is -4.33. The number of nitrogens with zero attached hydrogens (tertiary/aromatic N) is 5. The first-order valence-corrected chi connectivity index (χ1v) is 12.1. The fourth-order valence-electron chi connectivity index (χ4n) is 4.52. The molecule has 0 aliphatic heterocycles. The maximum Gasteiger partial charge on any atom is 0.333 e. The second kappa shape index (κ2) is 10.1. The molecule has 0 aliphatic rings. The Kier molecular flexibility index (Phi) is 6.58. The first-order valence-electron chi connectivity index (χ1n) is 12.1. The van der Waals surface area contributed by atoms with Crippen molar-refractivity contribution < 1.29 is 4.39 Å². The van der Waals surface area contributed by atoms with Gasteiger partial charge in [-0.2, -0.15) is 5.21 Å². The highest BCUT2D eigenvalue weighted by Gasteiger charge is 2.17. The van der Waals surface area contributed by atoms with E-state index in [1.807, 2.05) is 61.5 Å². The molecule has 36 heavy (non-hydrogen) atoms. The summed E-state index contributed by atoms with van der Waals surface area (Å²) in [5.41, 5.74) is 5.57. The normalized spacial score (nSPS) is 11.2. The zero-order valence-electron chi connectivity index (χ0n) is 20.3. The van der Waals surface area contributed by atoms with Gasteiger partial charge in [0.05, 0.1) is 12.2 Å². The van der Waals surface area contributed by atoms with Gasteiger partial charge in [-0.1, -0.05) is 74.0 Å². The minimum Gasteiger partial charge on any atom is -0.292 e. The van der Waals surface area contributed by atoms with Gasteiger partial charge in [0.1, 0.15) is 5.82 Å². The molecule has 2 aromatic heterocycles. The highest BCUT2D eigenvalue weighted by molar-refractivity contribution is 5.80. The molecule has 2 heterocycles. The number of aryl methyl sites for hydroxylation is 2. The van der Waals surface area contributed by atoms with E-state index in [0.717, 1.165) is 52.8 Å². The number of rotatable bonds is 8. The number of H-pyrrole nitrogens is 1. The van der Waals surface area contributed by atoms with E-state index >= 15 is 0 Å². The largest absolute Gasteiger partial charge is 0.333 e. The van der Waals surface area contributed by atoms with Gasteiger partial charge in [0.15, 0.2) is 0 Å². The molecular weight excluding hydrogens is 455 g/mol. The van der Waals surface area contributed by atoms with Gasteiger partial charge in [0.2, 0.25) is 5.82 Å². The minimum absolute atomic E-state index is 0.235. The minimum atomic E-state index is -0.402. The lowest BCUT2D eigenvalue weighted by molar-refractivity contribution is 0.611. The smallest absolute Gasteiger partial charge is 0.292 e. The van der Waals surface area contributed by atoms with Crippen LogP contribution in [0.3, 0.4) is 0 Å². The summed E-state index contributed by atoms with van der Waals surface area (Å²) in [6.07, 6.45) is 4.50. The van der Waals surface area contributed by atoms with Gasteiger partial charge in [0.25, 0.3) is 0 Å². The molecule has 0 atom stereocenters. The Morgan fingerprint density at radius 3 is 2.44 bits per heavy atom. The number of aromatic amines is 1. The summed E-state index contributed by atoms with van der Waals surface area (Å²) in [4.78, 5) is 13.5. The van der Waals surface area contributed by atoms with E-state index in [1.165, 1.54) is 10.6 Å². The molecule has 1 N–H and O–H groups in total. The monoisotopic (exact) mass is 482 g/mol. The second-order valence-electron chi connectivity index (χ2n) is 8.85. The van der Waals surface area contributed by atoms with Crippen LogP contribution >= 0.6 is 0 Å². The van der Waals surface area contributed by atoms with Gasteiger partial charge < -0.3 is 0 Å². The molecule has 0 spiro atoms. The number of hydrogen-bond acceptors (Lipinski definition) is 4. The summed E-state index contributed by atoms with van der Waals surface area (Å²) in [7, 11) is 0. The molecule has 0 saturated carbocycles. The van der Waals surface area contributed by atoms with Gasteiger partial charge in [-0.3, -0.25) is 9.13 Å². The highest BCUT2D eigenvalue weighted by Crippen LogP contribution is 2.30. The summed E-state index contributed by atoms with van der Waals surface area (Å²) in [6.45, 7) is 4.34. The van der Waals surface area contributed by atoms with E-state index in [2.05, 4.69) is 27.5 Å². The number of halogens is 1. The SMILES string of the molecule is CCCCc1cn(-c2c(C)cccc2F)c(=O)n1Cc1ccc(-c2ccccc2-c2nn[nH]n2)cc1. The van der Waals surface area contributed by atoms with Crippen molar-refractivity contribution in [2.45, 2.75) is 39.7 Å². The first-order chi connectivity index (χ1) is 17.6. The summed E-state index contributed by atoms with van der Waals surface area (Å²) >= 11 is 0. The van der Waals surface area contributed by atoms with Gasteiger partial charge in [-0.05, 0) is 53.3 Å². The molecule has 8 heteroatoms. The van der Waals surface area contributed by atoms with Crippen LogP contribution in [0.5, 0.6) is 0 Å². The lowest BCUT2D eigenvalue weighted by Gasteiger charge is -2.10. The van der Waals surface area contributed by atoms with Crippen molar-refractivity contribution in [3.63, 3.8) is 0 Å². The van der Waals surface area contributed by atoms with Gasteiger partial charge in [-0.25, -0.2) is 9.18 Å². The van der Waals surface area contributed by atoms with Crippen LogP contribution in [0, 0.1) is 12.7 Å². The van der Waals surface area contributed by atoms with Crippen molar-refractivity contribution in [2.75, 3.05) is 0 Å². The van der Waals surface area contributed by atoms with E-state index in [4.69, 9.17) is 0 Å². The van der Waals surface area contributed by atoms with Crippen LogP contribution in [0.2, 0.25) is 0 Å². The fraction of sp³-hybridized carbons (Fsp3) is 0.214. The number of aromatic nitrogens is 6.